The van der Waals surface area contributed by atoms with Gasteiger partial charge in [0, 0.05) is 40.1 Å². The van der Waals surface area contributed by atoms with Crippen molar-refractivity contribution < 1.29 is 0 Å². The van der Waals surface area contributed by atoms with Gasteiger partial charge in [-0.3, -0.25) is 4.98 Å². The lowest BCUT2D eigenvalue weighted by atomic mass is 9.81. The minimum atomic E-state index is -0.115. The Bertz CT molecular complexity index is 3590. The van der Waals surface area contributed by atoms with Crippen molar-refractivity contribution in [2.45, 2.75) is 19.3 Å². The highest BCUT2D eigenvalue weighted by Gasteiger charge is 2.36. The summed E-state index contributed by atoms with van der Waals surface area (Å²) in [6.45, 7) is 4.74. The standard InChI is InChI=1S/C60H41N3/c1-60(2)54-32-26-38-14-6-7-20-45(38)58(54)53-27-25-41(35-55(53)60)44-28-29-50(47-22-9-8-21-46(44)47)51-30-31-52(49-24-11-10-23-48(49)51)59-62-56(39-15-4-3-5-16-39)36-57(63-59)42-18-12-17-40(34-42)43-19-13-33-61-37-43/h3-37H,1-2H3. The summed E-state index contributed by atoms with van der Waals surface area (Å²) in [5, 5.41) is 7.33. The number of nitrogens with zero attached hydrogens (tertiary/aromatic N) is 3. The van der Waals surface area contributed by atoms with E-state index in [1.165, 1.54) is 66.1 Å². The Morgan fingerprint density at radius 3 is 1.65 bits per heavy atom. The molecule has 2 heterocycles. The summed E-state index contributed by atoms with van der Waals surface area (Å²) in [5.41, 5.74) is 17.2. The van der Waals surface area contributed by atoms with Gasteiger partial charge in [0.15, 0.2) is 5.82 Å². The number of hydrogen-bond donors (Lipinski definition) is 0. The fraction of sp³-hybridized carbons (Fsp3) is 0.0500. The fourth-order valence-corrected chi connectivity index (χ4v) is 10.1. The molecule has 9 aromatic carbocycles. The van der Waals surface area contributed by atoms with Crippen LogP contribution in [0.25, 0.3) is 111 Å². The number of pyridine rings is 1. The summed E-state index contributed by atoms with van der Waals surface area (Å²) in [6, 6.07) is 72.3. The molecule has 0 fully saturated rings. The van der Waals surface area contributed by atoms with E-state index in [0.29, 0.717) is 5.82 Å². The molecule has 63 heavy (non-hydrogen) atoms. The highest BCUT2D eigenvalue weighted by Crippen LogP contribution is 2.52. The third-order valence-corrected chi connectivity index (χ3v) is 13.2. The van der Waals surface area contributed by atoms with Crippen molar-refractivity contribution in [2.75, 3.05) is 0 Å². The maximum absolute atomic E-state index is 5.32. The van der Waals surface area contributed by atoms with Gasteiger partial charge in [0.2, 0.25) is 0 Å². The summed E-state index contributed by atoms with van der Waals surface area (Å²) in [6.07, 6.45) is 3.71. The number of aromatic nitrogens is 3. The van der Waals surface area contributed by atoms with Crippen molar-refractivity contribution in [3.8, 4) is 78.4 Å². The molecule has 0 saturated heterocycles. The van der Waals surface area contributed by atoms with E-state index in [1.54, 1.807) is 6.20 Å². The van der Waals surface area contributed by atoms with Crippen LogP contribution in [0.5, 0.6) is 0 Å². The van der Waals surface area contributed by atoms with Gasteiger partial charge in [0.25, 0.3) is 0 Å². The average molecular weight is 804 g/mol. The molecule has 0 unspecified atom stereocenters. The normalized spacial score (nSPS) is 12.7. The minimum Gasteiger partial charge on any atom is -0.264 e. The summed E-state index contributed by atoms with van der Waals surface area (Å²) in [7, 11) is 0. The molecule has 296 valence electrons. The van der Waals surface area contributed by atoms with E-state index in [-0.39, 0.29) is 5.41 Å². The molecule has 2 aromatic heterocycles. The van der Waals surface area contributed by atoms with Crippen molar-refractivity contribution in [1.29, 1.82) is 0 Å². The van der Waals surface area contributed by atoms with Crippen LogP contribution < -0.4 is 0 Å². The Kier molecular flexibility index (Phi) is 8.52. The van der Waals surface area contributed by atoms with Gasteiger partial charge in [-0.05, 0) is 113 Å². The smallest absolute Gasteiger partial charge is 0.161 e. The number of benzene rings is 9. The molecule has 1 aliphatic carbocycles. The van der Waals surface area contributed by atoms with Gasteiger partial charge in [-0.15, -0.1) is 0 Å². The number of fused-ring (bicyclic) bond motifs is 7. The number of rotatable bonds is 6. The lowest BCUT2D eigenvalue weighted by Gasteiger charge is -2.22. The largest absolute Gasteiger partial charge is 0.264 e. The summed E-state index contributed by atoms with van der Waals surface area (Å²) in [4.78, 5) is 15.0. The van der Waals surface area contributed by atoms with E-state index in [0.717, 1.165) is 50.0 Å². The second-order valence-electron chi connectivity index (χ2n) is 17.2. The van der Waals surface area contributed by atoms with Crippen LogP contribution in [0, 0.1) is 0 Å². The quantitative estimate of drug-likeness (QED) is 0.168. The average Bonchev–Trinajstić information content (AvgIpc) is 3.59. The van der Waals surface area contributed by atoms with Crippen LogP contribution >= 0.6 is 0 Å². The van der Waals surface area contributed by atoms with Gasteiger partial charge >= 0.3 is 0 Å². The first-order valence-electron chi connectivity index (χ1n) is 21.7. The topological polar surface area (TPSA) is 38.7 Å². The first-order valence-corrected chi connectivity index (χ1v) is 21.7. The molecule has 3 heteroatoms. The molecule has 11 aromatic rings. The van der Waals surface area contributed by atoms with Gasteiger partial charge in [-0.2, -0.15) is 0 Å². The molecule has 0 amide bonds. The first kappa shape index (κ1) is 36.8. The third kappa shape index (κ3) is 6.07. The highest BCUT2D eigenvalue weighted by molar-refractivity contribution is 6.12. The fourth-order valence-electron chi connectivity index (χ4n) is 10.1. The zero-order chi connectivity index (χ0) is 42.1. The summed E-state index contributed by atoms with van der Waals surface area (Å²) >= 11 is 0. The lowest BCUT2D eigenvalue weighted by Crippen LogP contribution is -2.15. The molecule has 0 atom stereocenters. The van der Waals surface area contributed by atoms with Crippen LogP contribution in [0.3, 0.4) is 0 Å². The second-order valence-corrected chi connectivity index (χ2v) is 17.2. The molecule has 12 rings (SSSR count). The Hall–Kier alpha value is -8.01. The molecule has 0 aliphatic heterocycles. The molecular weight excluding hydrogens is 763 g/mol. The maximum Gasteiger partial charge on any atom is 0.161 e. The Labute approximate surface area is 367 Å². The predicted octanol–water partition coefficient (Wildman–Crippen LogP) is 15.6. The van der Waals surface area contributed by atoms with E-state index in [2.05, 4.69) is 207 Å². The molecule has 0 spiro atoms. The molecule has 0 N–H and O–H groups in total. The van der Waals surface area contributed by atoms with Gasteiger partial charge in [-0.25, -0.2) is 9.97 Å². The zero-order valence-corrected chi connectivity index (χ0v) is 35.0. The van der Waals surface area contributed by atoms with Crippen LogP contribution in [-0.2, 0) is 5.41 Å². The molecule has 0 saturated carbocycles. The van der Waals surface area contributed by atoms with Gasteiger partial charge < -0.3 is 0 Å². The van der Waals surface area contributed by atoms with Crippen LogP contribution in [0.4, 0.5) is 0 Å². The SMILES string of the molecule is CC1(C)c2cc(-c3ccc(-c4ccc(-c5nc(-c6ccccc6)cc(-c6cccc(-c7cccnc7)c6)n5)c5ccccc45)c4ccccc34)ccc2-c2c1ccc1ccccc21. The summed E-state index contributed by atoms with van der Waals surface area (Å²) < 4.78 is 0. The zero-order valence-electron chi connectivity index (χ0n) is 35.0. The first-order chi connectivity index (χ1) is 31.0. The monoisotopic (exact) mass is 803 g/mol. The van der Waals surface area contributed by atoms with E-state index >= 15 is 0 Å². The van der Waals surface area contributed by atoms with Gasteiger partial charge in [0.1, 0.15) is 0 Å². The van der Waals surface area contributed by atoms with E-state index in [1.807, 2.05) is 18.3 Å². The molecule has 0 radical (unpaired) electrons. The van der Waals surface area contributed by atoms with Crippen LogP contribution in [0.15, 0.2) is 213 Å². The Morgan fingerprint density at radius 2 is 0.921 bits per heavy atom. The maximum atomic E-state index is 5.32. The minimum absolute atomic E-state index is 0.115. The summed E-state index contributed by atoms with van der Waals surface area (Å²) in [5.74, 6) is 0.691. The lowest BCUT2D eigenvalue weighted by molar-refractivity contribution is 0.661. The molecule has 1 aliphatic rings. The van der Waals surface area contributed by atoms with Crippen molar-refractivity contribution in [3.05, 3.63) is 224 Å². The van der Waals surface area contributed by atoms with E-state index in [4.69, 9.17) is 9.97 Å². The van der Waals surface area contributed by atoms with Crippen LogP contribution in [-0.4, -0.2) is 15.0 Å². The van der Waals surface area contributed by atoms with E-state index < -0.39 is 0 Å². The van der Waals surface area contributed by atoms with Crippen molar-refractivity contribution >= 4 is 32.3 Å². The van der Waals surface area contributed by atoms with Gasteiger partial charge in [-0.1, -0.05) is 184 Å². The highest BCUT2D eigenvalue weighted by atomic mass is 14.9. The Balaban J connectivity index is 0.985. The van der Waals surface area contributed by atoms with Gasteiger partial charge in [0.05, 0.1) is 11.4 Å². The van der Waals surface area contributed by atoms with Crippen LogP contribution in [0.1, 0.15) is 25.0 Å². The van der Waals surface area contributed by atoms with Crippen molar-refractivity contribution in [2.24, 2.45) is 0 Å². The van der Waals surface area contributed by atoms with Crippen LogP contribution in [0.2, 0.25) is 0 Å². The third-order valence-electron chi connectivity index (χ3n) is 13.2. The Morgan fingerprint density at radius 1 is 0.349 bits per heavy atom. The second kappa shape index (κ2) is 14.6. The van der Waals surface area contributed by atoms with Crippen molar-refractivity contribution in [1.82, 2.24) is 15.0 Å². The molecular formula is C60H41N3. The van der Waals surface area contributed by atoms with Crippen molar-refractivity contribution in [3.63, 3.8) is 0 Å². The van der Waals surface area contributed by atoms with E-state index in [9.17, 15) is 0 Å². The number of hydrogen-bond acceptors (Lipinski definition) is 3. The molecule has 3 nitrogen and oxygen atoms in total. The molecule has 0 bridgehead atoms. The predicted molar refractivity (Wildman–Crippen MR) is 263 cm³/mol.